The normalized spacial score (nSPS) is 11.5. The van der Waals surface area contributed by atoms with Crippen LogP contribution in [0.5, 0.6) is 5.75 Å². The third-order valence-electron chi connectivity index (χ3n) is 4.00. The smallest absolute Gasteiger partial charge is 0.195 e. The molecule has 27 heavy (non-hydrogen) atoms. The predicted octanol–water partition coefficient (Wildman–Crippen LogP) is 4.72. The SMILES string of the molecule is COc1cccc(-n2c(CN(C)Cc3ccsc3)nnc2SCC(C)C)c1. The number of hydrogen-bond acceptors (Lipinski definition) is 6. The van der Waals surface area contributed by atoms with Gasteiger partial charge in [0.15, 0.2) is 11.0 Å². The van der Waals surface area contributed by atoms with Gasteiger partial charge in [0, 0.05) is 18.4 Å². The lowest BCUT2D eigenvalue weighted by Crippen LogP contribution is -2.19. The van der Waals surface area contributed by atoms with Crippen LogP contribution in [-0.2, 0) is 13.1 Å². The van der Waals surface area contributed by atoms with Crippen LogP contribution in [0.25, 0.3) is 5.69 Å². The Bertz CT molecular complexity index is 846. The number of aromatic nitrogens is 3. The van der Waals surface area contributed by atoms with E-state index in [4.69, 9.17) is 4.74 Å². The molecule has 0 fully saturated rings. The minimum absolute atomic E-state index is 0.593. The van der Waals surface area contributed by atoms with Gasteiger partial charge >= 0.3 is 0 Å². The Morgan fingerprint density at radius 2 is 2.07 bits per heavy atom. The molecule has 0 saturated heterocycles. The van der Waals surface area contributed by atoms with E-state index in [9.17, 15) is 0 Å². The fourth-order valence-electron chi connectivity index (χ4n) is 2.74. The first-order chi connectivity index (χ1) is 13.1. The standard InChI is InChI=1S/C20H26N4OS2/c1-15(2)13-27-20-22-21-19(12-23(3)11-16-8-9-26-14-16)24(20)17-6-5-7-18(10-17)25-4/h5-10,14-15H,11-13H2,1-4H3. The Kier molecular flexibility index (Phi) is 6.93. The zero-order valence-electron chi connectivity index (χ0n) is 16.3. The molecule has 3 aromatic rings. The van der Waals surface area contributed by atoms with Crippen molar-refractivity contribution in [3.05, 3.63) is 52.5 Å². The Balaban J connectivity index is 1.88. The number of rotatable bonds is 9. The predicted molar refractivity (Wildman–Crippen MR) is 113 cm³/mol. The summed E-state index contributed by atoms with van der Waals surface area (Å²) in [6, 6.07) is 10.2. The van der Waals surface area contributed by atoms with E-state index >= 15 is 0 Å². The van der Waals surface area contributed by atoms with Gasteiger partial charge < -0.3 is 4.74 Å². The maximum absolute atomic E-state index is 5.41. The molecule has 0 amide bonds. The van der Waals surface area contributed by atoms with Crippen LogP contribution in [-0.4, -0.2) is 39.6 Å². The summed E-state index contributed by atoms with van der Waals surface area (Å²) < 4.78 is 7.56. The second-order valence-electron chi connectivity index (χ2n) is 6.94. The van der Waals surface area contributed by atoms with Gasteiger partial charge in [-0.05, 0) is 47.5 Å². The summed E-state index contributed by atoms with van der Waals surface area (Å²) in [6.45, 7) is 6.05. The maximum Gasteiger partial charge on any atom is 0.195 e. The quantitative estimate of drug-likeness (QED) is 0.485. The molecule has 0 radical (unpaired) electrons. The van der Waals surface area contributed by atoms with Crippen LogP contribution < -0.4 is 4.74 Å². The third-order valence-corrected chi connectivity index (χ3v) is 6.09. The van der Waals surface area contributed by atoms with Crippen LogP contribution in [0.2, 0.25) is 0 Å². The number of nitrogens with zero attached hydrogens (tertiary/aromatic N) is 4. The molecule has 0 unspecified atom stereocenters. The van der Waals surface area contributed by atoms with E-state index in [2.05, 4.69) is 63.5 Å². The zero-order chi connectivity index (χ0) is 19.2. The molecule has 0 saturated carbocycles. The van der Waals surface area contributed by atoms with E-state index in [-0.39, 0.29) is 0 Å². The average molecular weight is 403 g/mol. The Morgan fingerprint density at radius 3 is 2.78 bits per heavy atom. The fourth-order valence-corrected chi connectivity index (χ4v) is 4.32. The number of hydrogen-bond donors (Lipinski definition) is 0. The van der Waals surface area contributed by atoms with Crippen molar-refractivity contribution >= 4 is 23.1 Å². The molecule has 0 bridgehead atoms. The summed E-state index contributed by atoms with van der Waals surface area (Å²) in [6.07, 6.45) is 0. The topological polar surface area (TPSA) is 43.2 Å². The van der Waals surface area contributed by atoms with Crippen LogP contribution >= 0.6 is 23.1 Å². The zero-order valence-corrected chi connectivity index (χ0v) is 17.9. The van der Waals surface area contributed by atoms with Crippen LogP contribution in [0.3, 0.4) is 0 Å². The molecule has 0 spiro atoms. The summed E-state index contributed by atoms with van der Waals surface area (Å²) >= 11 is 3.48. The first kappa shape index (κ1) is 19.9. The first-order valence-corrected chi connectivity index (χ1v) is 10.9. The van der Waals surface area contributed by atoms with Crippen molar-refractivity contribution < 1.29 is 4.74 Å². The first-order valence-electron chi connectivity index (χ1n) is 8.98. The maximum atomic E-state index is 5.41. The van der Waals surface area contributed by atoms with Gasteiger partial charge in [0.2, 0.25) is 0 Å². The number of methoxy groups -OCH3 is 1. The lowest BCUT2D eigenvalue weighted by Gasteiger charge is -2.17. The molecule has 1 aromatic carbocycles. The van der Waals surface area contributed by atoms with Gasteiger partial charge in [-0.15, -0.1) is 10.2 Å². The number of thioether (sulfide) groups is 1. The van der Waals surface area contributed by atoms with Gasteiger partial charge in [0.1, 0.15) is 5.75 Å². The monoisotopic (exact) mass is 402 g/mol. The van der Waals surface area contributed by atoms with E-state index in [1.54, 1.807) is 30.2 Å². The Hall–Kier alpha value is -1.83. The minimum Gasteiger partial charge on any atom is -0.497 e. The summed E-state index contributed by atoms with van der Waals surface area (Å²) in [5.41, 5.74) is 2.36. The fraction of sp³-hybridized carbons (Fsp3) is 0.400. The van der Waals surface area contributed by atoms with Gasteiger partial charge in [-0.25, -0.2) is 0 Å². The van der Waals surface area contributed by atoms with Crippen molar-refractivity contribution in [3.8, 4) is 11.4 Å². The van der Waals surface area contributed by atoms with Gasteiger partial charge in [-0.3, -0.25) is 9.47 Å². The van der Waals surface area contributed by atoms with Gasteiger partial charge in [0.05, 0.1) is 19.3 Å². The van der Waals surface area contributed by atoms with Crippen molar-refractivity contribution in [2.75, 3.05) is 19.9 Å². The van der Waals surface area contributed by atoms with Crippen molar-refractivity contribution in [1.29, 1.82) is 0 Å². The molecular weight excluding hydrogens is 376 g/mol. The van der Waals surface area contributed by atoms with Crippen LogP contribution in [0.1, 0.15) is 25.2 Å². The number of thiophene rings is 1. The van der Waals surface area contributed by atoms with E-state index in [1.165, 1.54) is 5.56 Å². The van der Waals surface area contributed by atoms with Gasteiger partial charge in [-0.2, -0.15) is 11.3 Å². The van der Waals surface area contributed by atoms with E-state index < -0.39 is 0 Å². The lowest BCUT2D eigenvalue weighted by molar-refractivity contribution is 0.308. The van der Waals surface area contributed by atoms with Crippen LogP contribution in [0.15, 0.2) is 46.2 Å². The highest BCUT2D eigenvalue weighted by Crippen LogP contribution is 2.26. The molecular formula is C20H26N4OS2. The summed E-state index contributed by atoms with van der Waals surface area (Å²) in [5, 5.41) is 14.2. The summed E-state index contributed by atoms with van der Waals surface area (Å²) in [5.74, 6) is 3.37. The summed E-state index contributed by atoms with van der Waals surface area (Å²) in [4.78, 5) is 2.26. The molecule has 2 heterocycles. The molecule has 0 aliphatic rings. The van der Waals surface area contributed by atoms with Crippen molar-refractivity contribution in [1.82, 2.24) is 19.7 Å². The molecule has 0 aliphatic carbocycles. The summed E-state index contributed by atoms with van der Waals surface area (Å²) in [7, 11) is 3.80. The molecule has 2 aromatic heterocycles. The molecule has 7 heteroatoms. The van der Waals surface area contributed by atoms with E-state index in [0.717, 1.165) is 41.3 Å². The van der Waals surface area contributed by atoms with Gasteiger partial charge in [0.25, 0.3) is 0 Å². The number of ether oxygens (including phenoxy) is 1. The molecule has 0 N–H and O–H groups in total. The van der Waals surface area contributed by atoms with Crippen molar-refractivity contribution in [2.24, 2.45) is 5.92 Å². The average Bonchev–Trinajstić information content (AvgIpc) is 3.29. The molecule has 0 atom stereocenters. The number of benzene rings is 1. The highest BCUT2D eigenvalue weighted by molar-refractivity contribution is 7.99. The Morgan fingerprint density at radius 1 is 1.22 bits per heavy atom. The van der Waals surface area contributed by atoms with E-state index in [1.807, 2.05) is 18.2 Å². The lowest BCUT2D eigenvalue weighted by atomic mass is 10.3. The van der Waals surface area contributed by atoms with Crippen molar-refractivity contribution in [3.63, 3.8) is 0 Å². The third kappa shape index (κ3) is 5.34. The second kappa shape index (κ2) is 9.39. The van der Waals surface area contributed by atoms with Crippen LogP contribution in [0.4, 0.5) is 0 Å². The molecule has 144 valence electrons. The molecule has 3 rings (SSSR count). The highest BCUT2D eigenvalue weighted by atomic mass is 32.2. The largest absolute Gasteiger partial charge is 0.497 e. The molecule has 0 aliphatic heterocycles. The Labute approximate surface area is 169 Å². The minimum atomic E-state index is 0.593. The van der Waals surface area contributed by atoms with Gasteiger partial charge in [-0.1, -0.05) is 31.7 Å². The van der Waals surface area contributed by atoms with E-state index in [0.29, 0.717) is 5.92 Å². The molecule has 5 nitrogen and oxygen atoms in total. The highest BCUT2D eigenvalue weighted by Gasteiger charge is 2.17. The van der Waals surface area contributed by atoms with Crippen LogP contribution in [0, 0.1) is 5.92 Å². The van der Waals surface area contributed by atoms with Crippen molar-refractivity contribution in [2.45, 2.75) is 32.1 Å². The second-order valence-corrected chi connectivity index (χ2v) is 8.71.